The Hall–Kier alpha value is -2.48. The maximum absolute atomic E-state index is 13.2. The molecule has 0 saturated heterocycles. The molecule has 0 aliphatic rings. The minimum absolute atomic E-state index is 0.0503. The summed E-state index contributed by atoms with van der Waals surface area (Å²) in [6.45, 7) is 0. The van der Waals surface area contributed by atoms with Crippen LogP contribution in [0.4, 0.5) is 21.5 Å². The van der Waals surface area contributed by atoms with Gasteiger partial charge in [-0.1, -0.05) is 6.07 Å². The van der Waals surface area contributed by atoms with Crippen LogP contribution in [0.3, 0.4) is 0 Å². The third-order valence-electron chi connectivity index (χ3n) is 2.70. The van der Waals surface area contributed by atoms with Crippen molar-refractivity contribution >= 4 is 26.9 Å². The van der Waals surface area contributed by atoms with Gasteiger partial charge >= 0.3 is 0 Å². The molecule has 6 nitrogen and oxygen atoms in total. The van der Waals surface area contributed by atoms with Crippen molar-refractivity contribution in [3.05, 3.63) is 58.4 Å². The summed E-state index contributed by atoms with van der Waals surface area (Å²) in [6, 6.07) is 8.75. The zero-order valence-corrected chi connectivity index (χ0v) is 11.7. The van der Waals surface area contributed by atoms with Gasteiger partial charge in [0, 0.05) is 24.1 Å². The van der Waals surface area contributed by atoms with E-state index in [0.29, 0.717) is 5.69 Å². The lowest BCUT2D eigenvalue weighted by atomic mass is 10.2. The van der Waals surface area contributed by atoms with E-state index in [9.17, 15) is 22.9 Å². The smallest absolute Gasteiger partial charge is 0.292 e. The van der Waals surface area contributed by atoms with E-state index in [2.05, 4.69) is 5.32 Å². The molecular weight excluding hydrogens is 299 g/mol. The molecule has 0 unspecified atom stereocenters. The quantitative estimate of drug-likeness (QED) is 0.693. The molecule has 0 aliphatic heterocycles. The van der Waals surface area contributed by atoms with Gasteiger partial charge in [0.05, 0.1) is 9.82 Å². The maximum atomic E-state index is 13.2. The summed E-state index contributed by atoms with van der Waals surface area (Å²) in [5, 5.41) is 13.6. The lowest BCUT2D eigenvalue weighted by Gasteiger charge is -2.08. The Morgan fingerprint density at radius 2 is 1.90 bits per heavy atom. The van der Waals surface area contributed by atoms with E-state index in [-0.39, 0.29) is 16.3 Å². The van der Waals surface area contributed by atoms with Crippen LogP contribution in [0, 0.1) is 15.9 Å². The van der Waals surface area contributed by atoms with Crippen molar-refractivity contribution in [3.63, 3.8) is 0 Å². The van der Waals surface area contributed by atoms with E-state index >= 15 is 0 Å². The predicted octanol–water partition coefficient (Wildman–Crippen LogP) is 2.88. The molecule has 0 atom stereocenters. The summed E-state index contributed by atoms with van der Waals surface area (Å²) in [5.41, 5.74) is -0.0431. The van der Waals surface area contributed by atoms with Crippen molar-refractivity contribution in [2.75, 3.05) is 11.6 Å². The first kappa shape index (κ1) is 14.9. The molecule has 0 bridgehead atoms. The van der Waals surface area contributed by atoms with Crippen LogP contribution in [0.5, 0.6) is 0 Å². The first-order chi connectivity index (χ1) is 9.77. The molecule has 0 amide bonds. The van der Waals surface area contributed by atoms with Crippen molar-refractivity contribution in [3.8, 4) is 0 Å². The molecule has 2 aromatic rings. The Labute approximate surface area is 120 Å². The number of rotatable bonds is 4. The standard InChI is InChI=1S/C13H11FN2O4S/c1-21(19,20)11-4-2-3-10(8-11)15-12-7-9(14)5-6-13(12)16(17)18/h2-8,15H,1H3. The number of nitro groups is 1. The number of anilines is 2. The summed E-state index contributed by atoms with van der Waals surface area (Å²) in [6.07, 6.45) is 1.05. The number of halogens is 1. The van der Waals surface area contributed by atoms with Gasteiger partial charge in [-0.15, -0.1) is 0 Å². The van der Waals surface area contributed by atoms with Crippen molar-refractivity contribution in [1.82, 2.24) is 0 Å². The molecule has 110 valence electrons. The predicted molar refractivity (Wildman–Crippen MR) is 75.9 cm³/mol. The average Bonchev–Trinajstić information content (AvgIpc) is 2.37. The highest BCUT2D eigenvalue weighted by Crippen LogP contribution is 2.29. The van der Waals surface area contributed by atoms with Crippen LogP contribution in [0.2, 0.25) is 0 Å². The fourth-order valence-electron chi connectivity index (χ4n) is 1.73. The molecule has 8 heteroatoms. The molecule has 21 heavy (non-hydrogen) atoms. The van der Waals surface area contributed by atoms with Crippen molar-refractivity contribution in [2.24, 2.45) is 0 Å². The third kappa shape index (κ3) is 3.54. The molecule has 0 aliphatic carbocycles. The Morgan fingerprint density at radius 1 is 1.19 bits per heavy atom. The van der Waals surface area contributed by atoms with Crippen LogP contribution in [0.25, 0.3) is 0 Å². The number of hydrogen-bond donors (Lipinski definition) is 1. The van der Waals surface area contributed by atoms with Gasteiger partial charge in [0.15, 0.2) is 9.84 Å². The minimum Gasteiger partial charge on any atom is -0.350 e. The zero-order chi connectivity index (χ0) is 15.6. The van der Waals surface area contributed by atoms with Gasteiger partial charge in [-0.3, -0.25) is 10.1 Å². The second-order valence-electron chi connectivity index (χ2n) is 4.34. The summed E-state index contributed by atoms with van der Waals surface area (Å²) >= 11 is 0. The topological polar surface area (TPSA) is 89.3 Å². The van der Waals surface area contributed by atoms with Gasteiger partial charge in [-0.25, -0.2) is 12.8 Å². The average molecular weight is 310 g/mol. The largest absolute Gasteiger partial charge is 0.350 e. The van der Waals surface area contributed by atoms with Crippen LogP contribution in [-0.4, -0.2) is 19.6 Å². The van der Waals surface area contributed by atoms with E-state index in [0.717, 1.165) is 24.5 Å². The molecule has 0 fully saturated rings. The number of sulfone groups is 1. The Kier molecular flexibility index (Phi) is 3.90. The summed E-state index contributed by atoms with van der Waals surface area (Å²) < 4.78 is 36.2. The summed E-state index contributed by atoms with van der Waals surface area (Å²) in [4.78, 5) is 10.3. The number of nitrogens with zero attached hydrogens (tertiary/aromatic N) is 1. The Bertz CT molecular complexity index is 806. The van der Waals surface area contributed by atoms with E-state index in [1.807, 2.05) is 0 Å². The van der Waals surface area contributed by atoms with E-state index < -0.39 is 20.6 Å². The molecule has 0 aromatic heterocycles. The molecule has 0 spiro atoms. The van der Waals surface area contributed by atoms with Crippen LogP contribution in [-0.2, 0) is 9.84 Å². The normalized spacial score (nSPS) is 11.1. The molecular formula is C13H11FN2O4S. The van der Waals surface area contributed by atoms with Crippen LogP contribution in [0.15, 0.2) is 47.4 Å². The highest BCUT2D eigenvalue weighted by Gasteiger charge is 2.15. The second kappa shape index (κ2) is 5.49. The van der Waals surface area contributed by atoms with Gasteiger partial charge in [0.1, 0.15) is 11.5 Å². The van der Waals surface area contributed by atoms with Crippen LogP contribution >= 0.6 is 0 Å². The van der Waals surface area contributed by atoms with Gasteiger partial charge in [0.25, 0.3) is 5.69 Å². The fraction of sp³-hybridized carbons (Fsp3) is 0.0769. The van der Waals surface area contributed by atoms with Crippen LogP contribution in [0.1, 0.15) is 0 Å². The Morgan fingerprint density at radius 3 is 2.52 bits per heavy atom. The molecule has 2 aromatic carbocycles. The lowest BCUT2D eigenvalue weighted by molar-refractivity contribution is -0.384. The van der Waals surface area contributed by atoms with Crippen molar-refractivity contribution < 1.29 is 17.7 Å². The second-order valence-corrected chi connectivity index (χ2v) is 6.36. The van der Waals surface area contributed by atoms with E-state index in [1.165, 1.54) is 24.3 Å². The first-order valence-electron chi connectivity index (χ1n) is 5.78. The number of hydrogen-bond acceptors (Lipinski definition) is 5. The number of nitrogens with one attached hydrogen (secondary N) is 1. The number of nitro benzene ring substituents is 1. The van der Waals surface area contributed by atoms with Gasteiger partial charge in [-0.05, 0) is 24.3 Å². The van der Waals surface area contributed by atoms with Gasteiger partial charge in [-0.2, -0.15) is 0 Å². The highest BCUT2D eigenvalue weighted by molar-refractivity contribution is 7.90. The minimum atomic E-state index is -3.40. The molecule has 1 N–H and O–H groups in total. The van der Waals surface area contributed by atoms with Crippen molar-refractivity contribution in [1.29, 1.82) is 0 Å². The Balaban J connectivity index is 2.43. The van der Waals surface area contributed by atoms with Crippen LogP contribution < -0.4 is 5.32 Å². The summed E-state index contributed by atoms with van der Waals surface area (Å²) in [7, 11) is -3.40. The maximum Gasteiger partial charge on any atom is 0.292 e. The van der Waals surface area contributed by atoms with E-state index in [1.54, 1.807) is 0 Å². The summed E-state index contributed by atoms with van der Waals surface area (Å²) in [5.74, 6) is -0.637. The SMILES string of the molecule is CS(=O)(=O)c1cccc(Nc2cc(F)ccc2[N+](=O)[O-])c1. The highest BCUT2D eigenvalue weighted by atomic mass is 32.2. The fourth-order valence-corrected chi connectivity index (χ4v) is 2.39. The molecule has 0 heterocycles. The lowest BCUT2D eigenvalue weighted by Crippen LogP contribution is -2.00. The van der Waals surface area contributed by atoms with Crippen molar-refractivity contribution in [2.45, 2.75) is 4.90 Å². The number of benzene rings is 2. The third-order valence-corrected chi connectivity index (χ3v) is 3.81. The monoisotopic (exact) mass is 310 g/mol. The first-order valence-corrected chi connectivity index (χ1v) is 7.67. The zero-order valence-electron chi connectivity index (χ0n) is 10.9. The molecule has 2 rings (SSSR count). The van der Waals surface area contributed by atoms with Gasteiger partial charge in [0.2, 0.25) is 0 Å². The molecule has 0 radical (unpaired) electrons. The van der Waals surface area contributed by atoms with Gasteiger partial charge < -0.3 is 5.32 Å². The molecule has 0 saturated carbocycles. The van der Waals surface area contributed by atoms with E-state index in [4.69, 9.17) is 0 Å².